The summed E-state index contributed by atoms with van der Waals surface area (Å²) in [6.07, 6.45) is 2.84. The molecule has 0 fully saturated rings. The molecule has 0 saturated carbocycles. The zero-order valence-corrected chi connectivity index (χ0v) is 19.7. The summed E-state index contributed by atoms with van der Waals surface area (Å²) in [6.45, 7) is 8.56. The van der Waals surface area contributed by atoms with E-state index in [0.717, 1.165) is 17.8 Å². The maximum Gasteiger partial charge on any atom is 0.311 e. The third kappa shape index (κ3) is 6.25. The fraction of sp³-hybridized carbons (Fsp3) is 0.350. The number of anilines is 1. The lowest BCUT2D eigenvalue weighted by atomic mass is 10.2. The predicted molar refractivity (Wildman–Crippen MR) is 125 cm³/mol. The fourth-order valence-corrected chi connectivity index (χ4v) is 4.96. The van der Waals surface area contributed by atoms with E-state index in [-0.39, 0.29) is 24.1 Å². The molecule has 0 aliphatic carbocycles. The predicted octanol–water partition coefficient (Wildman–Crippen LogP) is 4.05. The van der Waals surface area contributed by atoms with Gasteiger partial charge in [0.1, 0.15) is 0 Å². The monoisotopic (exact) mass is 477 g/mol. The van der Waals surface area contributed by atoms with E-state index >= 15 is 0 Å². The lowest BCUT2D eigenvalue weighted by molar-refractivity contribution is -0.142. The van der Waals surface area contributed by atoms with Gasteiger partial charge in [0.15, 0.2) is 16.1 Å². The largest absolute Gasteiger partial charge is 0.466 e. The molecular formula is C20H23N5O3S3. The van der Waals surface area contributed by atoms with E-state index in [0.29, 0.717) is 29.1 Å². The number of aromatic nitrogens is 4. The average molecular weight is 478 g/mol. The molecule has 3 aromatic heterocycles. The van der Waals surface area contributed by atoms with Crippen LogP contribution in [0.5, 0.6) is 0 Å². The van der Waals surface area contributed by atoms with Crippen molar-refractivity contribution in [2.24, 2.45) is 0 Å². The molecule has 3 heterocycles. The minimum Gasteiger partial charge on any atom is -0.466 e. The van der Waals surface area contributed by atoms with Gasteiger partial charge in [-0.05, 0) is 19.4 Å². The molecular weight excluding hydrogens is 454 g/mol. The first-order chi connectivity index (χ1) is 15.0. The number of carbonyl (C=O) groups excluding carboxylic acids is 2. The average Bonchev–Trinajstić information content (AvgIpc) is 3.47. The van der Waals surface area contributed by atoms with E-state index in [4.69, 9.17) is 4.74 Å². The lowest BCUT2D eigenvalue weighted by Crippen LogP contribution is -2.15. The highest BCUT2D eigenvalue weighted by Gasteiger charge is 2.17. The van der Waals surface area contributed by atoms with Crippen LogP contribution in [0, 0.1) is 0 Å². The van der Waals surface area contributed by atoms with E-state index < -0.39 is 0 Å². The normalized spacial score (nSPS) is 10.8. The van der Waals surface area contributed by atoms with E-state index in [1.807, 2.05) is 4.57 Å². The Bertz CT molecular complexity index is 1060. The van der Waals surface area contributed by atoms with Gasteiger partial charge < -0.3 is 10.1 Å². The third-order valence-corrected chi connectivity index (χ3v) is 6.90. The zero-order chi connectivity index (χ0) is 22.2. The van der Waals surface area contributed by atoms with Crippen LogP contribution in [0.25, 0.3) is 11.4 Å². The van der Waals surface area contributed by atoms with Crippen molar-refractivity contribution in [1.82, 2.24) is 19.7 Å². The molecule has 0 aliphatic rings. The second-order valence-corrected chi connectivity index (χ2v) is 9.12. The van der Waals surface area contributed by atoms with Gasteiger partial charge in [-0.1, -0.05) is 24.8 Å². The molecule has 0 saturated heterocycles. The number of esters is 1. The summed E-state index contributed by atoms with van der Waals surface area (Å²) < 4.78 is 6.86. The van der Waals surface area contributed by atoms with Gasteiger partial charge in [-0.25, -0.2) is 4.98 Å². The molecule has 0 unspecified atom stereocenters. The van der Waals surface area contributed by atoms with Crippen LogP contribution in [0.2, 0.25) is 0 Å². The molecule has 0 aromatic carbocycles. The number of hydrogen-bond acceptors (Lipinski definition) is 9. The van der Waals surface area contributed by atoms with Crippen LogP contribution in [0.15, 0.2) is 34.6 Å². The number of nitrogens with zero attached hydrogens (tertiary/aromatic N) is 4. The van der Waals surface area contributed by atoms with Crippen molar-refractivity contribution < 1.29 is 14.3 Å². The molecule has 31 heavy (non-hydrogen) atoms. The molecule has 1 amide bonds. The molecule has 0 radical (unpaired) electrons. The van der Waals surface area contributed by atoms with Crippen molar-refractivity contribution in [2.45, 2.75) is 38.4 Å². The Morgan fingerprint density at radius 1 is 1.29 bits per heavy atom. The lowest BCUT2D eigenvalue weighted by Gasteiger charge is -2.06. The van der Waals surface area contributed by atoms with E-state index in [1.165, 1.54) is 28.0 Å². The van der Waals surface area contributed by atoms with Crippen LogP contribution in [0.3, 0.4) is 0 Å². The van der Waals surface area contributed by atoms with Crippen molar-refractivity contribution in [3.63, 3.8) is 0 Å². The molecule has 3 aromatic rings. The first-order valence-corrected chi connectivity index (χ1v) is 12.4. The summed E-state index contributed by atoms with van der Waals surface area (Å²) in [4.78, 5) is 29.5. The minimum atomic E-state index is -0.338. The number of ether oxygens (including phenoxy) is 1. The molecule has 164 valence electrons. The van der Waals surface area contributed by atoms with Crippen molar-refractivity contribution in [3.8, 4) is 11.4 Å². The number of thiophene rings is 1. The minimum absolute atomic E-state index is 0.0880. The van der Waals surface area contributed by atoms with Crippen molar-refractivity contribution in [1.29, 1.82) is 0 Å². The number of aryl methyl sites for hydroxylation is 1. The van der Waals surface area contributed by atoms with Crippen molar-refractivity contribution in [3.05, 3.63) is 40.1 Å². The van der Waals surface area contributed by atoms with Crippen LogP contribution in [-0.2, 0) is 33.7 Å². The summed E-state index contributed by atoms with van der Waals surface area (Å²) in [5, 5.41) is 16.3. The van der Waals surface area contributed by atoms with E-state index in [9.17, 15) is 9.59 Å². The van der Waals surface area contributed by atoms with Gasteiger partial charge in [-0.2, -0.15) is 0 Å². The topological polar surface area (TPSA) is 99.0 Å². The van der Waals surface area contributed by atoms with Gasteiger partial charge in [0.25, 0.3) is 0 Å². The smallest absolute Gasteiger partial charge is 0.311 e. The van der Waals surface area contributed by atoms with Crippen molar-refractivity contribution in [2.75, 3.05) is 17.7 Å². The maximum atomic E-state index is 12.4. The molecule has 0 spiro atoms. The Morgan fingerprint density at radius 3 is 2.84 bits per heavy atom. The summed E-state index contributed by atoms with van der Waals surface area (Å²) in [5.74, 6) is 0.379. The number of rotatable bonds is 11. The summed E-state index contributed by atoms with van der Waals surface area (Å²) >= 11 is 4.27. The molecule has 3 rings (SSSR count). The first kappa shape index (κ1) is 23.2. The number of hydrogen-bond donors (Lipinski definition) is 1. The van der Waals surface area contributed by atoms with Crippen LogP contribution < -0.4 is 5.32 Å². The van der Waals surface area contributed by atoms with Crippen LogP contribution in [-0.4, -0.2) is 44.0 Å². The van der Waals surface area contributed by atoms with E-state index in [2.05, 4.69) is 45.4 Å². The Labute approximate surface area is 192 Å². The number of carbonyl (C=O) groups is 2. The Morgan fingerprint density at radius 2 is 2.13 bits per heavy atom. The second kappa shape index (κ2) is 11.2. The van der Waals surface area contributed by atoms with Gasteiger partial charge in [0.05, 0.1) is 24.5 Å². The van der Waals surface area contributed by atoms with Crippen LogP contribution in [0.1, 0.15) is 24.4 Å². The fourth-order valence-electron chi connectivity index (χ4n) is 2.68. The standard InChI is InChI=1S/C20H23N5O3S3/c1-4-7-25-18(13-8-15(5-2)29-10-13)23-24-20(25)31-12-16(26)22-19-21-14(11-30-19)9-17(27)28-6-3/h4,8,10-11H,1,5-7,9,12H2,2-3H3,(H,21,22,26). The summed E-state index contributed by atoms with van der Waals surface area (Å²) in [5.41, 5.74) is 1.59. The van der Waals surface area contributed by atoms with Crippen molar-refractivity contribution >= 4 is 51.4 Å². The highest BCUT2D eigenvalue weighted by Crippen LogP contribution is 2.28. The molecule has 1 N–H and O–H groups in total. The number of allylic oxidation sites excluding steroid dienone is 1. The van der Waals surface area contributed by atoms with E-state index in [1.54, 1.807) is 29.7 Å². The number of nitrogens with one attached hydrogen (secondary N) is 1. The molecule has 0 bridgehead atoms. The Hall–Kier alpha value is -2.50. The highest BCUT2D eigenvalue weighted by molar-refractivity contribution is 7.99. The second-order valence-electron chi connectivity index (χ2n) is 6.32. The number of thiazole rings is 1. The highest BCUT2D eigenvalue weighted by atomic mass is 32.2. The maximum absolute atomic E-state index is 12.4. The summed E-state index contributed by atoms with van der Waals surface area (Å²) in [7, 11) is 0. The zero-order valence-electron chi connectivity index (χ0n) is 17.3. The Balaban J connectivity index is 1.60. The number of amides is 1. The molecule has 0 atom stereocenters. The van der Waals surface area contributed by atoms with Gasteiger partial charge in [0.2, 0.25) is 5.91 Å². The van der Waals surface area contributed by atoms with Gasteiger partial charge in [-0.15, -0.1) is 39.4 Å². The first-order valence-electron chi connectivity index (χ1n) is 9.68. The summed E-state index contributed by atoms with van der Waals surface area (Å²) in [6, 6.07) is 2.12. The van der Waals surface area contributed by atoms with Gasteiger partial charge >= 0.3 is 5.97 Å². The van der Waals surface area contributed by atoms with Gasteiger partial charge in [-0.3, -0.25) is 14.2 Å². The Kier molecular flexibility index (Phi) is 8.38. The molecule has 8 nitrogen and oxygen atoms in total. The number of thioether (sulfide) groups is 1. The van der Waals surface area contributed by atoms with Gasteiger partial charge in [0, 0.05) is 27.7 Å². The molecule has 0 aliphatic heterocycles. The van der Waals surface area contributed by atoms with Crippen LogP contribution in [0.4, 0.5) is 5.13 Å². The molecule has 11 heteroatoms. The third-order valence-electron chi connectivity index (χ3n) is 4.05. The van der Waals surface area contributed by atoms with Crippen LogP contribution >= 0.6 is 34.4 Å². The SMILES string of the molecule is C=CCn1c(SCC(=O)Nc2nc(CC(=O)OCC)cs2)nnc1-c1csc(CC)c1. The quantitative estimate of drug-likeness (QED) is 0.253.